The third-order valence-corrected chi connectivity index (χ3v) is 7.40. The molecule has 0 spiro atoms. The van der Waals surface area contributed by atoms with Crippen molar-refractivity contribution in [3.05, 3.63) is 47.7 Å². The van der Waals surface area contributed by atoms with Gasteiger partial charge in [-0.3, -0.25) is 9.69 Å². The zero-order chi connectivity index (χ0) is 19.1. The second kappa shape index (κ2) is 7.20. The van der Waals surface area contributed by atoms with Gasteiger partial charge >= 0.3 is 0 Å². The summed E-state index contributed by atoms with van der Waals surface area (Å²) in [5.74, 6) is 0.927. The van der Waals surface area contributed by atoms with Crippen LogP contribution in [0.25, 0.3) is 0 Å². The Kier molecular flexibility index (Phi) is 4.68. The SMILES string of the molecule is O=C(NC1[C@H]2CN(CC3=CNCC3)C[C@@H]12)C(O)(c1ccccc1)C1CCCC1. The van der Waals surface area contributed by atoms with E-state index in [2.05, 4.69) is 21.7 Å². The molecule has 5 nitrogen and oxygen atoms in total. The highest BCUT2D eigenvalue weighted by Crippen LogP contribution is 2.47. The summed E-state index contributed by atoms with van der Waals surface area (Å²) in [5, 5.41) is 18.1. The van der Waals surface area contributed by atoms with Crippen LogP contribution in [0.5, 0.6) is 0 Å². The molecule has 1 amide bonds. The largest absolute Gasteiger partial charge is 0.391 e. The lowest BCUT2D eigenvalue weighted by atomic mass is 9.79. The van der Waals surface area contributed by atoms with E-state index < -0.39 is 5.60 Å². The molecule has 4 atom stereocenters. The molecule has 5 rings (SSSR count). The topological polar surface area (TPSA) is 64.6 Å². The van der Waals surface area contributed by atoms with Gasteiger partial charge in [0.2, 0.25) is 0 Å². The Morgan fingerprint density at radius 3 is 2.54 bits per heavy atom. The molecular weight excluding hydrogens is 350 g/mol. The molecule has 4 aliphatic rings. The molecule has 2 aliphatic heterocycles. The van der Waals surface area contributed by atoms with E-state index in [0.717, 1.165) is 63.8 Å². The highest BCUT2D eigenvalue weighted by atomic mass is 16.3. The van der Waals surface area contributed by atoms with Gasteiger partial charge in [-0.15, -0.1) is 0 Å². The maximum Gasteiger partial charge on any atom is 0.257 e. The smallest absolute Gasteiger partial charge is 0.257 e. The summed E-state index contributed by atoms with van der Waals surface area (Å²) in [5.41, 5.74) is 0.836. The van der Waals surface area contributed by atoms with Crippen LogP contribution in [0.3, 0.4) is 0 Å². The number of carbonyl (C=O) groups is 1. The number of nitrogens with one attached hydrogen (secondary N) is 2. The molecule has 1 aromatic rings. The number of aliphatic hydroxyl groups is 1. The number of rotatable bonds is 6. The van der Waals surface area contributed by atoms with Crippen LogP contribution in [0, 0.1) is 17.8 Å². The molecular formula is C23H31N3O2. The first-order valence-corrected chi connectivity index (χ1v) is 10.9. The van der Waals surface area contributed by atoms with Gasteiger partial charge in [-0.25, -0.2) is 0 Å². The lowest BCUT2D eigenvalue weighted by Gasteiger charge is -2.33. The number of fused-ring (bicyclic) bond motifs is 1. The van der Waals surface area contributed by atoms with E-state index in [1.807, 2.05) is 30.3 Å². The fraction of sp³-hybridized carbons (Fsp3) is 0.609. The number of carbonyl (C=O) groups excluding carboxylic acids is 1. The van der Waals surface area contributed by atoms with Crippen LogP contribution >= 0.6 is 0 Å². The third-order valence-electron chi connectivity index (χ3n) is 7.40. The maximum atomic E-state index is 13.3. The minimum atomic E-state index is -1.39. The second-order valence-electron chi connectivity index (χ2n) is 9.14. The van der Waals surface area contributed by atoms with E-state index in [1.54, 1.807) is 0 Å². The summed E-state index contributed by atoms with van der Waals surface area (Å²) in [6.07, 6.45) is 7.35. The molecule has 3 N–H and O–H groups in total. The normalized spacial score (nSPS) is 31.8. The van der Waals surface area contributed by atoms with Gasteiger partial charge in [0.15, 0.2) is 5.60 Å². The van der Waals surface area contributed by atoms with E-state index in [4.69, 9.17) is 0 Å². The molecule has 1 saturated heterocycles. The van der Waals surface area contributed by atoms with E-state index in [-0.39, 0.29) is 17.9 Å². The Morgan fingerprint density at radius 2 is 1.89 bits per heavy atom. The molecule has 2 heterocycles. The summed E-state index contributed by atoms with van der Waals surface area (Å²) < 4.78 is 0. The highest BCUT2D eigenvalue weighted by Gasteiger charge is 2.58. The quantitative estimate of drug-likeness (QED) is 0.705. The zero-order valence-corrected chi connectivity index (χ0v) is 16.4. The number of piperidine rings is 1. The van der Waals surface area contributed by atoms with E-state index >= 15 is 0 Å². The van der Waals surface area contributed by atoms with Crippen molar-refractivity contribution >= 4 is 5.91 Å². The Morgan fingerprint density at radius 1 is 1.18 bits per heavy atom. The molecule has 5 heteroatoms. The molecule has 2 unspecified atom stereocenters. The summed E-state index contributed by atoms with van der Waals surface area (Å²) in [6.45, 7) is 4.23. The predicted octanol–water partition coefficient (Wildman–Crippen LogP) is 1.99. The summed E-state index contributed by atoms with van der Waals surface area (Å²) in [4.78, 5) is 15.8. The first kappa shape index (κ1) is 18.2. The van der Waals surface area contributed by atoms with Crippen molar-refractivity contribution in [1.82, 2.24) is 15.5 Å². The summed E-state index contributed by atoms with van der Waals surface area (Å²) in [6, 6.07) is 9.80. The molecule has 28 heavy (non-hydrogen) atoms. The summed E-state index contributed by atoms with van der Waals surface area (Å²) in [7, 11) is 0. The van der Waals surface area contributed by atoms with Crippen molar-refractivity contribution in [3.8, 4) is 0 Å². The van der Waals surface area contributed by atoms with Crippen molar-refractivity contribution in [2.45, 2.75) is 43.7 Å². The Bertz CT molecular complexity index is 746. The van der Waals surface area contributed by atoms with Crippen molar-refractivity contribution in [2.75, 3.05) is 26.2 Å². The number of amides is 1. The second-order valence-corrected chi connectivity index (χ2v) is 9.14. The molecule has 0 radical (unpaired) electrons. The Hall–Kier alpha value is -1.85. The van der Waals surface area contributed by atoms with E-state index in [1.165, 1.54) is 5.57 Å². The number of benzene rings is 1. The minimum absolute atomic E-state index is 0.0202. The van der Waals surface area contributed by atoms with Gasteiger partial charge in [0, 0.05) is 38.1 Å². The van der Waals surface area contributed by atoms with E-state index in [9.17, 15) is 9.90 Å². The van der Waals surface area contributed by atoms with Crippen molar-refractivity contribution in [2.24, 2.45) is 17.8 Å². The van der Waals surface area contributed by atoms with Gasteiger partial charge in [0.05, 0.1) is 0 Å². The highest BCUT2D eigenvalue weighted by molar-refractivity contribution is 5.87. The third kappa shape index (κ3) is 3.15. The summed E-state index contributed by atoms with van der Waals surface area (Å²) >= 11 is 0. The average molecular weight is 382 g/mol. The predicted molar refractivity (Wildman–Crippen MR) is 108 cm³/mol. The Labute approximate surface area is 167 Å². The van der Waals surface area contributed by atoms with Crippen LogP contribution in [-0.2, 0) is 10.4 Å². The van der Waals surface area contributed by atoms with Crippen LogP contribution < -0.4 is 10.6 Å². The Balaban J connectivity index is 1.23. The van der Waals surface area contributed by atoms with E-state index in [0.29, 0.717) is 11.8 Å². The van der Waals surface area contributed by atoms with Crippen LogP contribution in [0.1, 0.15) is 37.7 Å². The minimum Gasteiger partial charge on any atom is -0.391 e. The fourth-order valence-electron chi connectivity index (χ4n) is 5.74. The van der Waals surface area contributed by atoms with Gasteiger partial charge in [0.25, 0.3) is 5.91 Å². The van der Waals surface area contributed by atoms with Crippen molar-refractivity contribution in [3.63, 3.8) is 0 Å². The first-order valence-electron chi connectivity index (χ1n) is 10.9. The molecule has 150 valence electrons. The van der Waals surface area contributed by atoms with Crippen LogP contribution in [0.4, 0.5) is 0 Å². The average Bonchev–Trinajstić information content (AvgIpc) is 3.28. The number of hydrogen-bond acceptors (Lipinski definition) is 4. The molecule has 2 saturated carbocycles. The monoisotopic (exact) mass is 381 g/mol. The number of likely N-dealkylation sites (tertiary alicyclic amines) is 1. The van der Waals surface area contributed by atoms with Gasteiger partial charge in [-0.1, -0.05) is 43.2 Å². The fourth-order valence-corrected chi connectivity index (χ4v) is 5.74. The molecule has 0 bridgehead atoms. The standard InChI is InChI=1S/C23H31N3O2/c27-22(23(28,18-8-4-5-9-18)17-6-2-1-3-7-17)25-21-19-14-26(15-20(19)21)13-16-10-11-24-12-16/h1-3,6-7,12,18-21,24,28H,4-5,8-11,13-15H2,(H,25,27)/t19-,20+,21?,23?. The van der Waals surface area contributed by atoms with Gasteiger partial charge in [-0.2, -0.15) is 0 Å². The van der Waals surface area contributed by atoms with Crippen LogP contribution in [0.2, 0.25) is 0 Å². The number of hydrogen-bond donors (Lipinski definition) is 3. The molecule has 1 aromatic carbocycles. The van der Waals surface area contributed by atoms with Gasteiger partial charge < -0.3 is 15.7 Å². The van der Waals surface area contributed by atoms with Crippen molar-refractivity contribution in [1.29, 1.82) is 0 Å². The first-order chi connectivity index (χ1) is 13.7. The van der Waals surface area contributed by atoms with Gasteiger partial charge in [0.1, 0.15) is 0 Å². The molecule has 3 fully saturated rings. The number of nitrogens with zero attached hydrogens (tertiary/aromatic N) is 1. The maximum absolute atomic E-state index is 13.3. The molecule has 0 aromatic heterocycles. The lowest BCUT2D eigenvalue weighted by molar-refractivity contribution is -0.147. The van der Waals surface area contributed by atoms with Crippen LogP contribution in [-0.4, -0.2) is 48.1 Å². The zero-order valence-electron chi connectivity index (χ0n) is 16.4. The van der Waals surface area contributed by atoms with Gasteiger partial charge in [-0.05, 0) is 48.4 Å². The van der Waals surface area contributed by atoms with Crippen LogP contribution in [0.15, 0.2) is 42.1 Å². The van der Waals surface area contributed by atoms with Crippen molar-refractivity contribution < 1.29 is 9.90 Å². The molecule has 2 aliphatic carbocycles. The lowest BCUT2D eigenvalue weighted by Crippen LogP contribution is -2.51.